The first-order valence-electron chi connectivity index (χ1n) is 6.05. The van der Waals surface area contributed by atoms with Crippen molar-refractivity contribution in [1.29, 1.82) is 0 Å². The van der Waals surface area contributed by atoms with Gasteiger partial charge in [-0.25, -0.2) is 4.68 Å². The van der Waals surface area contributed by atoms with Crippen molar-refractivity contribution in [3.63, 3.8) is 0 Å². The van der Waals surface area contributed by atoms with Crippen molar-refractivity contribution < 1.29 is 13.2 Å². The Bertz CT molecular complexity index is 626. The number of nitrogens with one attached hydrogen (secondary N) is 1. The summed E-state index contributed by atoms with van der Waals surface area (Å²) in [4.78, 5) is 11.9. The molecular weight excluding hydrogens is 271 g/mol. The Hall–Kier alpha value is -2.02. The lowest BCUT2D eigenvalue weighted by atomic mass is 10.1. The third kappa shape index (κ3) is 3.11. The second-order valence-electron chi connectivity index (χ2n) is 4.42. The van der Waals surface area contributed by atoms with E-state index < -0.39 is 11.7 Å². The molecule has 0 bridgehead atoms. The second kappa shape index (κ2) is 5.54. The summed E-state index contributed by atoms with van der Waals surface area (Å²) in [5, 5.41) is 2.78. The van der Waals surface area contributed by atoms with Crippen molar-refractivity contribution in [2.75, 3.05) is 6.54 Å². The van der Waals surface area contributed by atoms with E-state index in [1.807, 2.05) is 0 Å². The molecule has 108 valence electrons. The number of hydrogen-bond donors (Lipinski definition) is 2. The molecule has 0 amide bonds. The monoisotopic (exact) mass is 285 g/mol. The van der Waals surface area contributed by atoms with Gasteiger partial charge in [0.2, 0.25) is 0 Å². The van der Waals surface area contributed by atoms with Gasteiger partial charge in [0.25, 0.3) is 5.56 Å². The number of halogens is 3. The Morgan fingerprint density at radius 3 is 2.40 bits per heavy atom. The summed E-state index contributed by atoms with van der Waals surface area (Å²) >= 11 is 0. The van der Waals surface area contributed by atoms with E-state index in [2.05, 4.69) is 5.10 Å². The number of hydrogen-bond acceptors (Lipinski definition) is 2. The van der Waals surface area contributed by atoms with Gasteiger partial charge < -0.3 is 10.8 Å². The molecule has 3 N–H and O–H groups in total. The zero-order valence-electron chi connectivity index (χ0n) is 10.6. The molecule has 7 heteroatoms. The highest BCUT2D eigenvalue weighted by atomic mass is 19.4. The van der Waals surface area contributed by atoms with Crippen molar-refractivity contribution in [3.05, 3.63) is 57.5 Å². The Labute approximate surface area is 113 Å². The molecule has 1 heterocycles. The predicted octanol–water partition coefficient (Wildman–Crippen LogP) is 1.74. The summed E-state index contributed by atoms with van der Waals surface area (Å²) in [6, 6.07) is 4.73. The average molecular weight is 285 g/mol. The third-order valence-electron chi connectivity index (χ3n) is 2.95. The van der Waals surface area contributed by atoms with Gasteiger partial charge in [0.05, 0.1) is 12.1 Å². The van der Waals surface area contributed by atoms with Crippen LogP contribution in [0.3, 0.4) is 0 Å². The summed E-state index contributed by atoms with van der Waals surface area (Å²) in [5.74, 6) is 0. The lowest BCUT2D eigenvalue weighted by Crippen LogP contribution is -2.21. The zero-order valence-corrected chi connectivity index (χ0v) is 10.6. The number of nitrogens with two attached hydrogens (primary N) is 1. The molecular formula is C13H14F3N3O. The molecule has 4 nitrogen and oxygen atoms in total. The SMILES string of the molecule is NCCc1c[nH]n(Cc2ccc(C(F)(F)F)cc2)c1=O. The topological polar surface area (TPSA) is 63.8 Å². The van der Waals surface area contributed by atoms with E-state index >= 15 is 0 Å². The fourth-order valence-electron chi connectivity index (χ4n) is 1.88. The smallest absolute Gasteiger partial charge is 0.330 e. The van der Waals surface area contributed by atoms with Gasteiger partial charge in [0.1, 0.15) is 0 Å². The maximum absolute atomic E-state index is 12.4. The third-order valence-corrected chi connectivity index (χ3v) is 2.95. The Morgan fingerprint density at radius 1 is 1.20 bits per heavy atom. The summed E-state index contributed by atoms with van der Waals surface area (Å²) in [7, 11) is 0. The van der Waals surface area contributed by atoms with E-state index in [0.717, 1.165) is 12.1 Å². The fraction of sp³-hybridized carbons (Fsp3) is 0.308. The molecule has 2 aromatic rings. The highest BCUT2D eigenvalue weighted by Gasteiger charge is 2.29. The number of aromatic amines is 1. The van der Waals surface area contributed by atoms with E-state index in [1.165, 1.54) is 16.8 Å². The van der Waals surface area contributed by atoms with Crippen LogP contribution in [0.5, 0.6) is 0 Å². The van der Waals surface area contributed by atoms with Crippen molar-refractivity contribution in [3.8, 4) is 0 Å². The molecule has 0 radical (unpaired) electrons. The van der Waals surface area contributed by atoms with Gasteiger partial charge in [-0.3, -0.25) is 4.79 Å². The van der Waals surface area contributed by atoms with E-state index in [4.69, 9.17) is 5.73 Å². The molecule has 0 unspecified atom stereocenters. The van der Waals surface area contributed by atoms with Crippen LogP contribution in [0.2, 0.25) is 0 Å². The molecule has 1 aromatic carbocycles. The maximum atomic E-state index is 12.4. The van der Waals surface area contributed by atoms with Gasteiger partial charge in [-0.05, 0) is 30.7 Å². The number of benzene rings is 1. The lowest BCUT2D eigenvalue weighted by Gasteiger charge is -2.07. The first-order valence-corrected chi connectivity index (χ1v) is 6.05. The van der Waals surface area contributed by atoms with E-state index in [-0.39, 0.29) is 12.1 Å². The molecule has 0 aliphatic rings. The summed E-state index contributed by atoms with van der Waals surface area (Å²) in [5.41, 5.74) is 5.66. The molecule has 20 heavy (non-hydrogen) atoms. The fourth-order valence-corrected chi connectivity index (χ4v) is 1.88. The van der Waals surface area contributed by atoms with Crippen LogP contribution in [0.25, 0.3) is 0 Å². The number of aromatic nitrogens is 2. The number of rotatable bonds is 4. The average Bonchev–Trinajstić information content (AvgIpc) is 2.72. The van der Waals surface area contributed by atoms with Gasteiger partial charge in [-0.2, -0.15) is 13.2 Å². The van der Waals surface area contributed by atoms with Gasteiger partial charge in [-0.15, -0.1) is 0 Å². The molecule has 0 spiro atoms. The molecule has 0 saturated heterocycles. The van der Waals surface area contributed by atoms with Gasteiger partial charge in [0, 0.05) is 11.8 Å². The van der Waals surface area contributed by atoms with Gasteiger partial charge in [-0.1, -0.05) is 12.1 Å². The number of nitrogens with zero attached hydrogens (tertiary/aromatic N) is 1. The molecule has 0 fully saturated rings. The number of H-pyrrole nitrogens is 1. The molecule has 2 rings (SSSR count). The standard InChI is InChI=1S/C13H14F3N3O/c14-13(15,16)11-3-1-9(2-4-11)8-19-12(20)10(5-6-17)7-18-19/h1-4,7,18H,5-6,8,17H2. The van der Waals surface area contributed by atoms with Crippen LogP contribution in [-0.2, 0) is 19.1 Å². The Morgan fingerprint density at radius 2 is 1.85 bits per heavy atom. The predicted molar refractivity (Wildman–Crippen MR) is 68.4 cm³/mol. The zero-order chi connectivity index (χ0) is 14.8. The largest absolute Gasteiger partial charge is 0.416 e. The first kappa shape index (κ1) is 14.4. The van der Waals surface area contributed by atoms with Crippen molar-refractivity contribution in [2.45, 2.75) is 19.1 Å². The molecule has 1 aromatic heterocycles. The molecule has 0 atom stereocenters. The first-order chi connectivity index (χ1) is 9.41. The van der Waals surface area contributed by atoms with Crippen LogP contribution >= 0.6 is 0 Å². The number of alkyl halides is 3. The van der Waals surface area contributed by atoms with Gasteiger partial charge in [0.15, 0.2) is 0 Å². The minimum absolute atomic E-state index is 0.196. The Balaban J connectivity index is 2.16. The molecule has 0 saturated carbocycles. The highest BCUT2D eigenvalue weighted by Crippen LogP contribution is 2.29. The van der Waals surface area contributed by atoms with Crippen LogP contribution in [0.1, 0.15) is 16.7 Å². The van der Waals surface area contributed by atoms with Crippen molar-refractivity contribution >= 4 is 0 Å². The van der Waals surface area contributed by atoms with E-state index in [9.17, 15) is 18.0 Å². The quantitative estimate of drug-likeness (QED) is 0.899. The van der Waals surface area contributed by atoms with Crippen LogP contribution in [0.15, 0.2) is 35.3 Å². The lowest BCUT2D eigenvalue weighted by molar-refractivity contribution is -0.137. The van der Waals surface area contributed by atoms with E-state index in [0.29, 0.717) is 24.1 Å². The van der Waals surface area contributed by atoms with Gasteiger partial charge >= 0.3 is 6.18 Å². The minimum Gasteiger partial charge on any atom is -0.330 e. The summed E-state index contributed by atoms with van der Waals surface area (Å²) in [6.07, 6.45) is -2.31. The second-order valence-corrected chi connectivity index (χ2v) is 4.42. The Kier molecular flexibility index (Phi) is 3.99. The van der Waals surface area contributed by atoms with Crippen molar-refractivity contribution in [2.24, 2.45) is 5.73 Å². The van der Waals surface area contributed by atoms with Crippen LogP contribution in [-0.4, -0.2) is 16.3 Å². The van der Waals surface area contributed by atoms with E-state index in [1.54, 1.807) is 6.20 Å². The molecule has 0 aliphatic carbocycles. The van der Waals surface area contributed by atoms with Crippen LogP contribution in [0.4, 0.5) is 13.2 Å². The molecule has 0 aliphatic heterocycles. The highest BCUT2D eigenvalue weighted by molar-refractivity contribution is 5.24. The minimum atomic E-state index is -4.35. The van der Waals surface area contributed by atoms with Crippen molar-refractivity contribution in [1.82, 2.24) is 9.78 Å². The summed E-state index contributed by atoms with van der Waals surface area (Å²) < 4.78 is 38.6. The van der Waals surface area contributed by atoms with Crippen LogP contribution < -0.4 is 11.3 Å². The van der Waals surface area contributed by atoms with Crippen LogP contribution in [0, 0.1) is 0 Å². The summed E-state index contributed by atoms with van der Waals surface area (Å²) in [6.45, 7) is 0.564. The maximum Gasteiger partial charge on any atom is 0.416 e. The normalized spacial score (nSPS) is 11.8.